The average Bonchev–Trinajstić information content (AvgIpc) is 3.13. The molecule has 2 fully saturated rings. The van der Waals surface area contributed by atoms with Crippen molar-refractivity contribution in [2.45, 2.75) is 50.0 Å². The smallest absolute Gasteiger partial charge is 0.251 e. The van der Waals surface area contributed by atoms with Crippen LogP contribution in [0.5, 0.6) is 0 Å². The summed E-state index contributed by atoms with van der Waals surface area (Å²) in [6.07, 6.45) is 6.06. The van der Waals surface area contributed by atoms with Gasteiger partial charge in [0.25, 0.3) is 5.91 Å². The summed E-state index contributed by atoms with van der Waals surface area (Å²) in [5.74, 6) is 0.714. The van der Waals surface area contributed by atoms with Gasteiger partial charge in [-0.3, -0.25) is 14.7 Å². The number of carbonyl (C=O) groups excluding carboxylic acids is 1. The molecule has 0 bridgehead atoms. The minimum Gasteiger partial charge on any atom is -0.388 e. The van der Waals surface area contributed by atoms with Gasteiger partial charge in [0.15, 0.2) is 0 Å². The summed E-state index contributed by atoms with van der Waals surface area (Å²) < 4.78 is 8.06. The number of hydrogen-bond donors (Lipinski definition) is 2. The molecule has 9 nitrogen and oxygen atoms in total. The number of hydrogen-bond acceptors (Lipinski definition) is 7. The zero-order chi connectivity index (χ0) is 20.5. The number of amides is 1. The van der Waals surface area contributed by atoms with Crippen LogP contribution in [0.4, 0.5) is 0 Å². The molecule has 29 heavy (non-hydrogen) atoms. The molecule has 0 radical (unpaired) electrons. The Labute approximate surface area is 170 Å². The summed E-state index contributed by atoms with van der Waals surface area (Å²) in [4.78, 5) is 18.9. The predicted octanol–water partition coefficient (Wildman–Crippen LogP) is 0.515. The molecular weight excluding hydrogens is 372 g/mol. The van der Waals surface area contributed by atoms with Crippen molar-refractivity contribution in [3.8, 4) is 0 Å². The van der Waals surface area contributed by atoms with E-state index in [2.05, 4.69) is 25.4 Å². The summed E-state index contributed by atoms with van der Waals surface area (Å²) in [5, 5.41) is 22.4. The number of ether oxygens (including phenoxy) is 1. The summed E-state index contributed by atoms with van der Waals surface area (Å²) in [7, 11) is 1.94. The molecule has 156 valence electrons. The number of nitrogens with one attached hydrogen (secondary N) is 1. The van der Waals surface area contributed by atoms with E-state index >= 15 is 0 Å². The lowest BCUT2D eigenvalue weighted by Gasteiger charge is -2.53. The maximum atomic E-state index is 12.7. The van der Waals surface area contributed by atoms with Gasteiger partial charge in [-0.1, -0.05) is 0 Å². The third kappa shape index (κ3) is 3.90. The molecule has 0 aromatic carbocycles. The summed E-state index contributed by atoms with van der Waals surface area (Å²) >= 11 is 0. The van der Waals surface area contributed by atoms with E-state index in [1.165, 1.54) is 0 Å². The van der Waals surface area contributed by atoms with Gasteiger partial charge in [0.1, 0.15) is 18.3 Å². The average molecular weight is 400 g/mol. The van der Waals surface area contributed by atoms with E-state index in [0.29, 0.717) is 31.4 Å². The van der Waals surface area contributed by atoms with Gasteiger partial charge in [-0.25, -0.2) is 0 Å². The van der Waals surface area contributed by atoms with Crippen LogP contribution in [0.3, 0.4) is 0 Å². The monoisotopic (exact) mass is 400 g/mol. The minimum absolute atomic E-state index is 0.203. The van der Waals surface area contributed by atoms with Crippen molar-refractivity contribution in [1.29, 1.82) is 0 Å². The fraction of sp³-hybridized carbons (Fsp3) is 0.600. The SMILES string of the molecule is Cn1cnnc1CN1CCC2(CC1)OCC[C@](C)(NC(=O)c1ccncc1)[C@H]2O. The first-order valence-electron chi connectivity index (χ1n) is 10.0. The van der Waals surface area contributed by atoms with E-state index in [1.807, 2.05) is 18.5 Å². The van der Waals surface area contributed by atoms with Crippen LogP contribution in [0.15, 0.2) is 30.9 Å². The minimum atomic E-state index is -0.786. The van der Waals surface area contributed by atoms with Crippen LogP contribution in [0.2, 0.25) is 0 Å². The molecule has 0 unspecified atom stereocenters. The van der Waals surface area contributed by atoms with Crippen molar-refractivity contribution >= 4 is 5.91 Å². The van der Waals surface area contributed by atoms with Gasteiger partial charge in [-0.05, 0) is 38.3 Å². The highest BCUT2D eigenvalue weighted by atomic mass is 16.5. The highest BCUT2D eigenvalue weighted by Gasteiger charge is 2.53. The molecule has 4 heterocycles. The zero-order valence-corrected chi connectivity index (χ0v) is 16.9. The van der Waals surface area contributed by atoms with Crippen molar-refractivity contribution in [2.24, 2.45) is 7.05 Å². The van der Waals surface area contributed by atoms with Crippen molar-refractivity contribution in [1.82, 2.24) is 30.0 Å². The van der Waals surface area contributed by atoms with E-state index in [4.69, 9.17) is 4.74 Å². The number of aliphatic hydroxyl groups is 1. The number of rotatable bonds is 4. The number of aliphatic hydroxyl groups excluding tert-OH is 1. The zero-order valence-electron chi connectivity index (χ0n) is 16.9. The largest absolute Gasteiger partial charge is 0.388 e. The molecule has 0 aliphatic carbocycles. The molecule has 2 atom stereocenters. The number of pyridine rings is 1. The third-order valence-corrected chi connectivity index (χ3v) is 6.33. The van der Waals surface area contributed by atoms with Crippen molar-refractivity contribution in [2.75, 3.05) is 19.7 Å². The topological polar surface area (TPSA) is 105 Å². The van der Waals surface area contributed by atoms with Crippen LogP contribution in [-0.2, 0) is 18.3 Å². The molecule has 1 amide bonds. The molecule has 4 rings (SSSR count). The number of aromatic nitrogens is 4. The fourth-order valence-electron chi connectivity index (χ4n) is 4.39. The molecule has 2 saturated heterocycles. The lowest BCUT2D eigenvalue weighted by atomic mass is 9.73. The van der Waals surface area contributed by atoms with E-state index < -0.39 is 17.2 Å². The van der Waals surface area contributed by atoms with E-state index in [-0.39, 0.29) is 5.91 Å². The van der Waals surface area contributed by atoms with Crippen molar-refractivity contribution in [3.05, 3.63) is 42.2 Å². The van der Waals surface area contributed by atoms with Crippen LogP contribution in [0.1, 0.15) is 42.4 Å². The number of nitrogens with zero attached hydrogens (tertiary/aromatic N) is 5. The van der Waals surface area contributed by atoms with Gasteiger partial charge in [0, 0.05) is 44.7 Å². The highest BCUT2D eigenvalue weighted by Crippen LogP contribution is 2.40. The molecular formula is C20H28N6O3. The molecule has 9 heteroatoms. The molecule has 2 aliphatic rings. The summed E-state index contributed by atoms with van der Waals surface area (Å²) in [6, 6.07) is 3.34. The van der Waals surface area contributed by atoms with Crippen LogP contribution < -0.4 is 5.32 Å². The number of likely N-dealkylation sites (tertiary alicyclic amines) is 1. The molecule has 0 saturated carbocycles. The first-order chi connectivity index (χ1) is 13.9. The Bertz CT molecular complexity index is 849. The van der Waals surface area contributed by atoms with E-state index in [1.54, 1.807) is 30.9 Å². The van der Waals surface area contributed by atoms with Crippen molar-refractivity contribution in [3.63, 3.8) is 0 Å². The van der Waals surface area contributed by atoms with Crippen molar-refractivity contribution < 1.29 is 14.6 Å². The van der Waals surface area contributed by atoms with Crippen LogP contribution in [-0.4, -0.2) is 72.6 Å². The summed E-state index contributed by atoms with van der Waals surface area (Å²) in [6.45, 7) is 4.72. The van der Waals surface area contributed by atoms with Gasteiger partial charge in [-0.2, -0.15) is 0 Å². The molecule has 2 aliphatic heterocycles. The second-order valence-corrected chi connectivity index (χ2v) is 8.31. The Morgan fingerprint density at radius 2 is 2.03 bits per heavy atom. The predicted molar refractivity (Wildman–Crippen MR) is 105 cm³/mol. The molecule has 2 aromatic rings. The lowest BCUT2D eigenvalue weighted by molar-refractivity contribution is -0.206. The number of carbonyl (C=O) groups is 1. The Morgan fingerprint density at radius 3 is 2.69 bits per heavy atom. The lowest BCUT2D eigenvalue weighted by Crippen LogP contribution is -2.69. The van der Waals surface area contributed by atoms with Crippen LogP contribution >= 0.6 is 0 Å². The van der Waals surface area contributed by atoms with Gasteiger partial charge in [0.05, 0.1) is 17.7 Å². The maximum Gasteiger partial charge on any atom is 0.251 e. The summed E-state index contributed by atoms with van der Waals surface area (Å²) in [5.41, 5.74) is -0.855. The van der Waals surface area contributed by atoms with Crippen LogP contribution in [0.25, 0.3) is 0 Å². The molecule has 2 N–H and O–H groups in total. The number of aryl methyl sites for hydroxylation is 1. The Kier molecular flexibility index (Phi) is 5.37. The van der Waals surface area contributed by atoms with Gasteiger partial charge in [-0.15, -0.1) is 10.2 Å². The highest BCUT2D eigenvalue weighted by molar-refractivity contribution is 5.94. The normalized spacial score (nSPS) is 27.1. The molecule has 2 aromatic heterocycles. The first kappa shape index (κ1) is 19.9. The Morgan fingerprint density at radius 1 is 1.31 bits per heavy atom. The standard InChI is InChI=1S/C20H28N6O3/c1-19(23-17(27)15-3-8-21-9-4-15)7-12-29-20(18(19)28)5-10-26(11-6-20)13-16-24-22-14-25(16)2/h3-4,8-9,14,18,28H,5-7,10-13H2,1-2H3,(H,23,27)/t18-,19+/m1/s1. The van der Waals surface area contributed by atoms with E-state index in [9.17, 15) is 9.90 Å². The fourth-order valence-corrected chi connectivity index (χ4v) is 4.39. The molecule has 1 spiro atoms. The Hall–Kier alpha value is -2.36. The van der Waals surface area contributed by atoms with E-state index in [0.717, 1.165) is 25.5 Å². The first-order valence-corrected chi connectivity index (χ1v) is 10.0. The number of piperidine rings is 1. The van der Waals surface area contributed by atoms with Crippen LogP contribution in [0, 0.1) is 0 Å². The van der Waals surface area contributed by atoms with Gasteiger partial charge >= 0.3 is 0 Å². The van der Waals surface area contributed by atoms with Gasteiger partial charge in [0.2, 0.25) is 0 Å². The quantitative estimate of drug-likeness (QED) is 0.771. The Balaban J connectivity index is 1.42. The second-order valence-electron chi connectivity index (χ2n) is 8.31. The maximum absolute atomic E-state index is 12.7. The third-order valence-electron chi connectivity index (χ3n) is 6.33. The second kappa shape index (κ2) is 7.81. The van der Waals surface area contributed by atoms with Gasteiger partial charge < -0.3 is 19.7 Å².